The lowest BCUT2D eigenvalue weighted by Crippen LogP contribution is -2.13. The molecule has 0 fully saturated rings. The van der Waals surface area contributed by atoms with E-state index >= 15 is 0 Å². The van der Waals surface area contributed by atoms with Gasteiger partial charge in [-0.2, -0.15) is 4.37 Å². The molecule has 27 heavy (non-hydrogen) atoms. The average Bonchev–Trinajstić information content (AvgIpc) is 3.11. The maximum absolute atomic E-state index is 12.9. The molecule has 7 heteroatoms. The Morgan fingerprint density at radius 2 is 1.74 bits per heavy atom. The van der Waals surface area contributed by atoms with Gasteiger partial charge in [0.1, 0.15) is 11.6 Å². The quantitative estimate of drug-likeness (QED) is 0.661. The van der Waals surface area contributed by atoms with Crippen LogP contribution in [0.2, 0.25) is 0 Å². The molecule has 2 aromatic carbocycles. The highest BCUT2D eigenvalue weighted by Crippen LogP contribution is 2.23. The molecule has 1 amide bonds. The standard InChI is InChI=1S/C20H21FN4OS/c1-20(2,3)18-24-19(27-25-18)22-12-13-4-10-16(11-5-13)23-17(26)14-6-8-15(21)9-7-14/h4-11H,12H2,1-3H3,(H,23,26)(H,22,24,25). The third kappa shape index (κ3) is 5.10. The number of rotatable bonds is 5. The Morgan fingerprint density at radius 3 is 2.33 bits per heavy atom. The predicted octanol–water partition coefficient (Wildman–Crippen LogP) is 4.84. The fraction of sp³-hybridized carbons (Fsp3) is 0.250. The molecule has 2 N–H and O–H groups in total. The molecule has 0 unspecified atom stereocenters. The van der Waals surface area contributed by atoms with Gasteiger partial charge in [-0.3, -0.25) is 4.79 Å². The summed E-state index contributed by atoms with van der Waals surface area (Å²) in [5, 5.41) is 6.85. The molecule has 0 atom stereocenters. The van der Waals surface area contributed by atoms with Crippen molar-refractivity contribution in [2.45, 2.75) is 32.7 Å². The van der Waals surface area contributed by atoms with Crippen LogP contribution in [-0.2, 0) is 12.0 Å². The van der Waals surface area contributed by atoms with Gasteiger partial charge in [-0.15, -0.1) is 0 Å². The number of benzene rings is 2. The van der Waals surface area contributed by atoms with Gasteiger partial charge in [0.2, 0.25) is 5.13 Å². The van der Waals surface area contributed by atoms with Gasteiger partial charge in [0.15, 0.2) is 0 Å². The average molecular weight is 384 g/mol. The zero-order chi connectivity index (χ0) is 19.4. The number of halogens is 1. The summed E-state index contributed by atoms with van der Waals surface area (Å²) in [5.41, 5.74) is 2.08. The molecule has 140 valence electrons. The fourth-order valence-corrected chi connectivity index (χ4v) is 3.04. The van der Waals surface area contributed by atoms with Crippen LogP contribution in [0.5, 0.6) is 0 Å². The number of carbonyl (C=O) groups excluding carboxylic acids is 1. The summed E-state index contributed by atoms with van der Waals surface area (Å²) < 4.78 is 17.3. The molecule has 0 aliphatic carbocycles. The maximum Gasteiger partial charge on any atom is 0.255 e. The van der Waals surface area contributed by atoms with Gasteiger partial charge >= 0.3 is 0 Å². The van der Waals surface area contributed by atoms with E-state index in [0.29, 0.717) is 17.8 Å². The van der Waals surface area contributed by atoms with E-state index < -0.39 is 0 Å². The first-order chi connectivity index (χ1) is 12.8. The van der Waals surface area contributed by atoms with Gasteiger partial charge < -0.3 is 10.6 Å². The molecule has 0 radical (unpaired) electrons. The Labute approximate surface area is 161 Å². The van der Waals surface area contributed by atoms with Crippen molar-refractivity contribution in [2.24, 2.45) is 0 Å². The van der Waals surface area contributed by atoms with Gasteiger partial charge in [0, 0.05) is 34.7 Å². The maximum atomic E-state index is 12.9. The minimum Gasteiger partial charge on any atom is -0.356 e. The molecule has 0 saturated heterocycles. The Hall–Kier alpha value is -2.80. The predicted molar refractivity (Wildman–Crippen MR) is 107 cm³/mol. The highest BCUT2D eigenvalue weighted by Gasteiger charge is 2.19. The summed E-state index contributed by atoms with van der Waals surface area (Å²) >= 11 is 1.35. The number of amides is 1. The van der Waals surface area contributed by atoms with Crippen molar-refractivity contribution in [2.75, 3.05) is 10.6 Å². The smallest absolute Gasteiger partial charge is 0.255 e. The van der Waals surface area contributed by atoms with Crippen molar-refractivity contribution < 1.29 is 9.18 Å². The van der Waals surface area contributed by atoms with Gasteiger partial charge in [-0.25, -0.2) is 9.37 Å². The number of hydrogen-bond donors (Lipinski definition) is 2. The van der Waals surface area contributed by atoms with E-state index in [9.17, 15) is 9.18 Å². The Morgan fingerprint density at radius 1 is 1.07 bits per heavy atom. The first-order valence-electron chi connectivity index (χ1n) is 8.55. The van der Waals surface area contributed by atoms with E-state index in [2.05, 4.69) is 40.8 Å². The number of aromatic nitrogens is 2. The molecule has 0 aliphatic rings. The van der Waals surface area contributed by atoms with Crippen LogP contribution in [0.3, 0.4) is 0 Å². The first-order valence-corrected chi connectivity index (χ1v) is 9.32. The third-order valence-electron chi connectivity index (χ3n) is 3.86. The molecule has 0 saturated carbocycles. The second-order valence-electron chi connectivity index (χ2n) is 7.18. The molecule has 5 nitrogen and oxygen atoms in total. The van der Waals surface area contributed by atoms with Crippen molar-refractivity contribution >= 4 is 28.3 Å². The highest BCUT2D eigenvalue weighted by molar-refractivity contribution is 7.09. The van der Waals surface area contributed by atoms with Crippen LogP contribution in [0.1, 0.15) is 42.5 Å². The second kappa shape index (κ2) is 7.84. The lowest BCUT2D eigenvalue weighted by atomic mass is 9.96. The lowest BCUT2D eigenvalue weighted by molar-refractivity contribution is 0.102. The van der Waals surface area contributed by atoms with Crippen molar-refractivity contribution in [3.05, 3.63) is 71.3 Å². The first kappa shape index (κ1) is 19.0. The molecule has 3 rings (SSSR count). The number of nitrogens with zero attached hydrogens (tertiary/aromatic N) is 2. The third-order valence-corrected chi connectivity index (χ3v) is 4.53. The lowest BCUT2D eigenvalue weighted by Gasteiger charge is -2.12. The molecule has 0 bridgehead atoms. The van der Waals surface area contributed by atoms with Crippen molar-refractivity contribution in [3.8, 4) is 0 Å². The molecular formula is C20H21FN4OS. The molecule has 3 aromatic rings. The van der Waals surface area contributed by atoms with Crippen LogP contribution in [0, 0.1) is 5.82 Å². The van der Waals surface area contributed by atoms with E-state index in [4.69, 9.17) is 0 Å². The Balaban J connectivity index is 1.56. The van der Waals surface area contributed by atoms with Crippen LogP contribution in [-0.4, -0.2) is 15.3 Å². The minimum atomic E-state index is -0.367. The van der Waals surface area contributed by atoms with Crippen LogP contribution < -0.4 is 10.6 Å². The molecule has 1 heterocycles. The number of anilines is 2. The summed E-state index contributed by atoms with van der Waals surface area (Å²) in [4.78, 5) is 16.7. The van der Waals surface area contributed by atoms with Crippen molar-refractivity contribution in [3.63, 3.8) is 0 Å². The highest BCUT2D eigenvalue weighted by atomic mass is 32.1. The van der Waals surface area contributed by atoms with Crippen molar-refractivity contribution in [1.82, 2.24) is 9.36 Å². The zero-order valence-corrected chi connectivity index (χ0v) is 16.2. The Bertz CT molecular complexity index is 914. The normalized spacial score (nSPS) is 11.3. The van der Waals surface area contributed by atoms with Gasteiger partial charge in [0.25, 0.3) is 5.91 Å². The summed E-state index contributed by atoms with van der Waals surface area (Å²) in [6.45, 7) is 6.86. The van der Waals surface area contributed by atoms with Gasteiger partial charge in [-0.05, 0) is 42.0 Å². The van der Waals surface area contributed by atoms with Crippen molar-refractivity contribution in [1.29, 1.82) is 0 Å². The Kier molecular flexibility index (Phi) is 5.51. The van der Waals surface area contributed by atoms with Crippen LogP contribution in [0.15, 0.2) is 48.5 Å². The number of nitrogens with one attached hydrogen (secondary N) is 2. The van der Waals surface area contributed by atoms with Crippen LogP contribution in [0.4, 0.5) is 15.2 Å². The number of hydrogen-bond acceptors (Lipinski definition) is 5. The largest absolute Gasteiger partial charge is 0.356 e. The van der Waals surface area contributed by atoms with E-state index in [1.165, 1.54) is 35.8 Å². The SMILES string of the molecule is CC(C)(C)c1nsc(NCc2ccc(NC(=O)c3ccc(F)cc3)cc2)n1. The van der Waals surface area contributed by atoms with Gasteiger partial charge in [-0.1, -0.05) is 32.9 Å². The summed E-state index contributed by atoms with van der Waals surface area (Å²) in [5.74, 6) is 0.187. The minimum absolute atomic E-state index is 0.0686. The monoisotopic (exact) mass is 384 g/mol. The summed E-state index contributed by atoms with van der Waals surface area (Å²) in [6, 6.07) is 13.0. The molecule has 1 aromatic heterocycles. The van der Waals surface area contributed by atoms with Crippen LogP contribution in [0.25, 0.3) is 0 Å². The second-order valence-corrected chi connectivity index (χ2v) is 7.94. The van der Waals surface area contributed by atoms with E-state index in [-0.39, 0.29) is 17.1 Å². The fourth-order valence-electron chi connectivity index (χ4n) is 2.29. The van der Waals surface area contributed by atoms with E-state index in [0.717, 1.165) is 16.5 Å². The molecule has 0 spiro atoms. The zero-order valence-electron chi connectivity index (χ0n) is 15.4. The number of carbonyl (C=O) groups is 1. The molecular weight excluding hydrogens is 363 g/mol. The topological polar surface area (TPSA) is 66.9 Å². The van der Waals surface area contributed by atoms with Gasteiger partial charge in [0.05, 0.1) is 0 Å². The van der Waals surface area contributed by atoms with E-state index in [1.54, 1.807) is 0 Å². The molecule has 0 aliphatic heterocycles. The van der Waals surface area contributed by atoms with Crippen LogP contribution >= 0.6 is 11.5 Å². The van der Waals surface area contributed by atoms with E-state index in [1.807, 2.05) is 24.3 Å². The summed E-state index contributed by atoms with van der Waals surface area (Å²) in [7, 11) is 0. The summed E-state index contributed by atoms with van der Waals surface area (Å²) in [6.07, 6.45) is 0.